The van der Waals surface area contributed by atoms with E-state index in [9.17, 15) is 14.0 Å². The highest BCUT2D eigenvalue weighted by Gasteiger charge is 2.39. The van der Waals surface area contributed by atoms with E-state index >= 15 is 0 Å². The first-order valence-electron chi connectivity index (χ1n) is 8.49. The fourth-order valence-electron chi connectivity index (χ4n) is 3.10. The lowest BCUT2D eigenvalue weighted by atomic mass is 9.89. The quantitative estimate of drug-likeness (QED) is 0.809. The predicted molar refractivity (Wildman–Crippen MR) is 87.4 cm³/mol. The Bertz CT molecular complexity index is 624. The highest BCUT2D eigenvalue weighted by atomic mass is 19.1. The Morgan fingerprint density at radius 3 is 2.67 bits per heavy atom. The molecule has 1 atom stereocenters. The summed E-state index contributed by atoms with van der Waals surface area (Å²) in [6.45, 7) is 2.11. The van der Waals surface area contributed by atoms with Gasteiger partial charge in [-0.1, -0.05) is 12.1 Å². The topological polar surface area (TPSA) is 67.4 Å². The molecule has 5 nitrogen and oxygen atoms in total. The minimum absolute atomic E-state index is 0.0299. The molecule has 0 unspecified atom stereocenters. The first-order valence-corrected chi connectivity index (χ1v) is 8.49. The first-order chi connectivity index (χ1) is 11.5. The van der Waals surface area contributed by atoms with E-state index in [1.807, 2.05) is 0 Å². The van der Waals surface area contributed by atoms with Crippen molar-refractivity contribution in [2.75, 3.05) is 13.1 Å². The fraction of sp³-hybridized carbons (Fsp3) is 0.556. The molecule has 1 aliphatic heterocycles. The second-order valence-electron chi connectivity index (χ2n) is 6.69. The Balaban J connectivity index is 1.59. The van der Waals surface area contributed by atoms with Crippen LogP contribution in [-0.4, -0.2) is 37.1 Å². The number of ether oxygens (including phenoxy) is 1. The molecule has 1 saturated carbocycles. The molecule has 1 heterocycles. The van der Waals surface area contributed by atoms with Gasteiger partial charge in [-0.2, -0.15) is 0 Å². The Labute approximate surface area is 141 Å². The van der Waals surface area contributed by atoms with Crippen LogP contribution < -0.4 is 10.6 Å². The zero-order valence-electron chi connectivity index (χ0n) is 13.8. The van der Waals surface area contributed by atoms with Gasteiger partial charge in [0.15, 0.2) is 5.67 Å². The average Bonchev–Trinajstić information content (AvgIpc) is 3.05. The third-order valence-electron chi connectivity index (χ3n) is 4.74. The third-order valence-corrected chi connectivity index (χ3v) is 4.74. The molecular formula is C18H23FN2O3. The molecule has 0 radical (unpaired) electrons. The maximum atomic E-state index is 14.4. The third kappa shape index (κ3) is 3.59. The van der Waals surface area contributed by atoms with E-state index in [0.717, 1.165) is 25.7 Å². The van der Waals surface area contributed by atoms with E-state index in [1.165, 1.54) is 0 Å². The van der Waals surface area contributed by atoms with E-state index in [0.29, 0.717) is 11.1 Å². The van der Waals surface area contributed by atoms with E-state index < -0.39 is 23.6 Å². The molecule has 0 bridgehead atoms. The average molecular weight is 334 g/mol. The van der Waals surface area contributed by atoms with Crippen molar-refractivity contribution in [3.63, 3.8) is 0 Å². The number of esters is 1. The second-order valence-corrected chi connectivity index (χ2v) is 6.69. The van der Waals surface area contributed by atoms with Gasteiger partial charge in [-0.25, -0.2) is 9.18 Å². The summed E-state index contributed by atoms with van der Waals surface area (Å²) in [6, 6.07) is 5.77. The van der Waals surface area contributed by atoms with Gasteiger partial charge in [-0.15, -0.1) is 0 Å². The lowest BCUT2D eigenvalue weighted by Crippen LogP contribution is -2.53. The molecule has 1 aromatic carbocycles. The molecule has 2 N–H and O–H groups in total. The number of hydrogen-bond acceptors (Lipinski definition) is 4. The van der Waals surface area contributed by atoms with Gasteiger partial charge in [0.1, 0.15) is 12.1 Å². The Kier molecular flexibility index (Phi) is 4.85. The van der Waals surface area contributed by atoms with Crippen LogP contribution in [0.3, 0.4) is 0 Å². The van der Waals surface area contributed by atoms with Crippen molar-refractivity contribution in [1.82, 2.24) is 10.6 Å². The lowest BCUT2D eigenvalue weighted by molar-refractivity contribution is -0.150. The summed E-state index contributed by atoms with van der Waals surface area (Å²) < 4.78 is 19.8. The number of halogens is 1. The fourth-order valence-corrected chi connectivity index (χ4v) is 3.10. The zero-order chi connectivity index (χ0) is 17.2. The molecule has 1 amide bonds. The van der Waals surface area contributed by atoms with Gasteiger partial charge in [0.25, 0.3) is 5.91 Å². The summed E-state index contributed by atoms with van der Waals surface area (Å²) >= 11 is 0. The molecule has 1 aromatic rings. The molecule has 6 heteroatoms. The number of alkyl halides is 1. The maximum absolute atomic E-state index is 14.4. The largest absolute Gasteiger partial charge is 0.461 e. The van der Waals surface area contributed by atoms with Crippen LogP contribution in [0.1, 0.15) is 48.5 Å². The van der Waals surface area contributed by atoms with E-state index in [2.05, 4.69) is 10.6 Å². The van der Waals surface area contributed by atoms with E-state index in [4.69, 9.17) is 4.74 Å². The summed E-state index contributed by atoms with van der Waals surface area (Å²) in [4.78, 5) is 24.4. The molecule has 1 saturated heterocycles. The van der Waals surface area contributed by atoms with Crippen molar-refractivity contribution in [3.8, 4) is 0 Å². The van der Waals surface area contributed by atoms with Crippen LogP contribution in [0.15, 0.2) is 24.3 Å². The van der Waals surface area contributed by atoms with E-state index in [1.54, 1.807) is 31.2 Å². The molecule has 130 valence electrons. The Hall–Kier alpha value is -1.95. The van der Waals surface area contributed by atoms with Gasteiger partial charge in [0.2, 0.25) is 0 Å². The standard InChI is InChI=1S/C18H23FN2O3/c1-12(17(23)24-15-7-2-3-8-15)21-16(22)13-5-4-6-14(9-13)18(19)10-20-11-18/h4-6,9,12,15,20H,2-3,7-8,10-11H2,1H3,(H,21,22)/t12-/m0/s1. The van der Waals surface area contributed by atoms with Crippen LogP contribution in [0.4, 0.5) is 4.39 Å². The van der Waals surface area contributed by atoms with Crippen LogP contribution >= 0.6 is 0 Å². The predicted octanol–water partition coefficient (Wildman–Crippen LogP) is 2.06. The molecule has 2 fully saturated rings. The van der Waals surface area contributed by atoms with Gasteiger partial charge < -0.3 is 15.4 Å². The SMILES string of the molecule is C[C@H](NC(=O)c1cccc(C2(F)CNC2)c1)C(=O)OC1CCCC1. The maximum Gasteiger partial charge on any atom is 0.328 e. The molecule has 2 aliphatic rings. The van der Waals surface area contributed by atoms with Crippen molar-refractivity contribution in [2.24, 2.45) is 0 Å². The normalized spacial score (nSPS) is 20.9. The van der Waals surface area contributed by atoms with Crippen molar-refractivity contribution in [1.29, 1.82) is 0 Å². The smallest absolute Gasteiger partial charge is 0.328 e. The van der Waals surface area contributed by atoms with Crippen LogP contribution in [0, 0.1) is 0 Å². The van der Waals surface area contributed by atoms with Crippen molar-refractivity contribution in [2.45, 2.75) is 50.4 Å². The summed E-state index contributed by atoms with van der Waals surface area (Å²) in [7, 11) is 0. The number of hydrogen-bond donors (Lipinski definition) is 2. The minimum Gasteiger partial charge on any atom is -0.461 e. The van der Waals surface area contributed by atoms with Gasteiger partial charge in [-0.05, 0) is 50.3 Å². The summed E-state index contributed by atoms with van der Waals surface area (Å²) in [6.07, 6.45) is 3.90. The highest BCUT2D eigenvalue weighted by Crippen LogP contribution is 2.30. The lowest BCUT2D eigenvalue weighted by Gasteiger charge is -2.35. The van der Waals surface area contributed by atoms with Crippen LogP contribution in [-0.2, 0) is 15.2 Å². The molecule has 24 heavy (non-hydrogen) atoms. The van der Waals surface area contributed by atoms with Crippen molar-refractivity contribution in [3.05, 3.63) is 35.4 Å². The highest BCUT2D eigenvalue weighted by molar-refractivity contribution is 5.96. The van der Waals surface area contributed by atoms with Gasteiger partial charge >= 0.3 is 5.97 Å². The van der Waals surface area contributed by atoms with Crippen LogP contribution in [0.5, 0.6) is 0 Å². The van der Waals surface area contributed by atoms with E-state index in [-0.39, 0.29) is 19.2 Å². The Morgan fingerprint density at radius 1 is 1.33 bits per heavy atom. The minimum atomic E-state index is -1.41. The molecule has 3 rings (SSSR count). The number of carbonyl (C=O) groups excluding carboxylic acids is 2. The van der Waals surface area contributed by atoms with Crippen LogP contribution in [0.25, 0.3) is 0 Å². The number of benzene rings is 1. The first kappa shape index (κ1) is 16.9. The molecule has 1 aliphatic carbocycles. The van der Waals surface area contributed by atoms with Gasteiger partial charge in [0.05, 0.1) is 0 Å². The monoisotopic (exact) mass is 334 g/mol. The zero-order valence-corrected chi connectivity index (χ0v) is 13.8. The van der Waals surface area contributed by atoms with Crippen molar-refractivity contribution < 1.29 is 18.7 Å². The summed E-state index contributed by atoms with van der Waals surface area (Å²) in [5, 5.41) is 5.53. The molecule has 0 aromatic heterocycles. The number of rotatable bonds is 5. The Morgan fingerprint density at radius 2 is 2.04 bits per heavy atom. The second kappa shape index (κ2) is 6.89. The number of carbonyl (C=O) groups is 2. The molecular weight excluding hydrogens is 311 g/mol. The number of nitrogens with one attached hydrogen (secondary N) is 2. The van der Waals surface area contributed by atoms with Crippen molar-refractivity contribution >= 4 is 11.9 Å². The summed E-state index contributed by atoms with van der Waals surface area (Å²) in [5.41, 5.74) is -0.587. The van der Waals surface area contributed by atoms with Crippen LogP contribution in [0.2, 0.25) is 0 Å². The van der Waals surface area contributed by atoms with Gasteiger partial charge in [0, 0.05) is 18.7 Å². The molecule has 0 spiro atoms. The number of amides is 1. The van der Waals surface area contributed by atoms with Gasteiger partial charge in [-0.3, -0.25) is 4.79 Å². The summed E-state index contributed by atoms with van der Waals surface area (Å²) in [5.74, 6) is -0.819.